The third-order valence-corrected chi connectivity index (χ3v) is 4.84. The summed E-state index contributed by atoms with van der Waals surface area (Å²) in [5.41, 5.74) is -0.522. The minimum absolute atomic E-state index is 0.0380. The molecule has 0 atom stereocenters. The van der Waals surface area contributed by atoms with E-state index in [1.165, 1.54) is 43.8 Å². The molecule has 7 nitrogen and oxygen atoms in total. The second kappa shape index (κ2) is 8.41. The average molecular weight is 459 g/mol. The zero-order valence-electron chi connectivity index (χ0n) is 17.4. The maximum atomic E-state index is 14.6. The number of carbonyl (C=O) groups excluding carboxylic acids is 1. The van der Waals surface area contributed by atoms with Gasteiger partial charge in [-0.25, -0.2) is 14.1 Å². The number of nitrogens with one attached hydrogen (secondary N) is 1. The number of anilines is 1. The quantitative estimate of drug-likeness (QED) is 0.436. The number of methoxy groups -OCH3 is 1. The zero-order valence-corrected chi connectivity index (χ0v) is 17.4. The van der Waals surface area contributed by atoms with Crippen molar-refractivity contribution < 1.29 is 27.1 Å². The average Bonchev–Trinajstić information content (AvgIpc) is 3.40. The van der Waals surface area contributed by atoms with Crippen molar-refractivity contribution in [3.05, 3.63) is 84.0 Å². The van der Waals surface area contributed by atoms with Crippen LogP contribution in [-0.4, -0.2) is 32.3 Å². The van der Waals surface area contributed by atoms with Gasteiger partial charge in [0.2, 0.25) is 0 Å². The third-order valence-electron chi connectivity index (χ3n) is 4.84. The van der Waals surface area contributed by atoms with E-state index in [1.807, 2.05) is 0 Å². The van der Waals surface area contributed by atoms with E-state index >= 15 is 0 Å². The lowest BCUT2D eigenvalue weighted by molar-refractivity contribution is -0.137. The van der Waals surface area contributed by atoms with E-state index < -0.39 is 23.5 Å². The summed E-state index contributed by atoms with van der Waals surface area (Å²) in [5.74, 6) is -0.675. The highest BCUT2D eigenvalue weighted by Gasteiger charge is 2.31. The molecule has 0 radical (unpaired) electrons. The van der Waals surface area contributed by atoms with Crippen LogP contribution in [0.2, 0.25) is 0 Å². The Morgan fingerprint density at radius 3 is 2.58 bits per heavy atom. The highest BCUT2D eigenvalue weighted by Crippen LogP contribution is 2.31. The number of ether oxygens (including phenoxy) is 1. The topological polar surface area (TPSA) is 74.0 Å². The lowest BCUT2D eigenvalue weighted by Crippen LogP contribution is -2.14. The lowest BCUT2D eigenvalue weighted by Gasteiger charge is -2.09. The van der Waals surface area contributed by atoms with E-state index in [4.69, 9.17) is 4.74 Å². The molecule has 0 aliphatic heterocycles. The summed E-state index contributed by atoms with van der Waals surface area (Å²) in [5, 5.41) is 6.59. The lowest BCUT2D eigenvalue weighted by atomic mass is 10.2. The molecule has 2 aromatic carbocycles. The van der Waals surface area contributed by atoms with Crippen LogP contribution in [0.15, 0.2) is 61.1 Å². The van der Waals surface area contributed by atoms with Gasteiger partial charge in [0.1, 0.15) is 11.6 Å². The summed E-state index contributed by atoms with van der Waals surface area (Å²) in [6.07, 6.45) is -0.0937. The van der Waals surface area contributed by atoms with Crippen molar-refractivity contribution >= 4 is 11.6 Å². The standard InChI is InChI=1S/C22H17F4N5O2/c1-13-27-8-9-30(13)18-7-6-15(11-17(18)23)28-21(32)20-19(33-2)12-31(29-20)16-5-3-4-14(10-16)22(24,25)26/h3-12H,1-2H3,(H,28,32). The molecular formula is C22H17F4N5O2. The summed E-state index contributed by atoms with van der Waals surface area (Å²) >= 11 is 0. The Bertz CT molecular complexity index is 1330. The number of amides is 1. The third kappa shape index (κ3) is 4.43. The molecule has 33 heavy (non-hydrogen) atoms. The van der Waals surface area contributed by atoms with Crippen LogP contribution < -0.4 is 10.1 Å². The fraction of sp³-hybridized carbons (Fsp3) is 0.136. The number of halogens is 4. The Balaban J connectivity index is 1.60. The predicted octanol–water partition coefficient (Wildman–Crippen LogP) is 4.79. The first-order valence-corrected chi connectivity index (χ1v) is 9.60. The molecule has 11 heteroatoms. The molecule has 0 bridgehead atoms. The van der Waals surface area contributed by atoms with Crippen LogP contribution in [0.4, 0.5) is 23.2 Å². The molecule has 2 aromatic heterocycles. The summed E-state index contributed by atoms with van der Waals surface area (Å²) in [4.78, 5) is 16.8. The van der Waals surface area contributed by atoms with Crippen LogP contribution in [0.3, 0.4) is 0 Å². The van der Waals surface area contributed by atoms with E-state index in [1.54, 1.807) is 17.7 Å². The molecule has 1 amide bonds. The molecule has 4 aromatic rings. The number of imidazole rings is 1. The Labute approximate surface area is 185 Å². The number of benzene rings is 2. The molecular weight excluding hydrogens is 442 g/mol. The smallest absolute Gasteiger partial charge is 0.416 e. The highest BCUT2D eigenvalue weighted by atomic mass is 19.4. The van der Waals surface area contributed by atoms with Gasteiger partial charge in [0, 0.05) is 18.1 Å². The van der Waals surface area contributed by atoms with Crippen molar-refractivity contribution in [1.29, 1.82) is 0 Å². The first-order chi connectivity index (χ1) is 15.7. The number of alkyl halides is 3. The molecule has 2 heterocycles. The number of hydrogen-bond acceptors (Lipinski definition) is 4. The predicted molar refractivity (Wildman–Crippen MR) is 111 cm³/mol. The number of nitrogens with zero attached hydrogens (tertiary/aromatic N) is 4. The summed E-state index contributed by atoms with van der Waals surface area (Å²) in [6, 6.07) is 8.61. The first kappa shape index (κ1) is 22.1. The van der Waals surface area contributed by atoms with E-state index in [2.05, 4.69) is 15.4 Å². The van der Waals surface area contributed by atoms with Crippen molar-refractivity contribution in [3.63, 3.8) is 0 Å². The summed E-state index contributed by atoms with van der Waals surface area (Å²) in [7, 11) is 1.30. The number of aryl methyl sites for hydroxylation is 1. The van der Waals surface area contributed by atoms with Gasteiger partial charge in [-0.15, -0.1) is 0 Å². The van der Waals surface area contributed by atoms with E-state index in [0.717, 1.165) is 22.9 Å². The van der Waals surface area contributed by atoms with Gasteiger partial charge in [0.15, 0.2) is 11.4 Å². The normalized spacial score (nSPS) is 11.5. The van der Waals surface area contributed by atoms with E-state index in [0.29, 0.717) is 5.82 Å². The first-order valence-electron chi connectivity index (χ1n) is 9.60. The van der Waals surface area contributed by atoms with Gasteiger partial charge in [-0.3, -0.25) is 4.79 Å². The van der Waals surface area contributed by atoms with Crippen molar-refractivity contribution in [2.45, 2.75) is 13.1 Å². The number of aromatic nitrogens is 4. The van der Waals surface area contributed by atoms with E-state index in [-0.39, 0.29) is 28.5 Å². The monoisotopic (exact) mass is 459 g/mol. The highest BCUT2D eigenvalue weighted by molar-refractivity contribution is 6.04. The molecule has 0 saturated heterocycles. The minimum Gasteiger partial charge on any atom is -0.493 e. The molecule has 0 fully saturated rings. The van der Waals surface area contributed by atoms with Gasteiger partial charge < -0.3 is 14.6 Å². The van der Waals surface area contributed by atoms with Crippen LogP contribution in [0.1, 0.15) is 21.9 Å². The molecule has 0 saturated carbocycles. The van der Waals surface area contributed by atoms with Crippen molar-refractivity contribution in [1.82, 2.24) is 19.3 Å². The van der Waals surface area contributed by atoms with Gasteiger partial charge >= 0.3 is 6.18 Å². The molecule has 1 N–H and O–H groups in total. The Morgan fingerprint density at radius 2 is 1.94 bits per heavy atom. The van der Waals surface area contributed by atoms with Gasteiger partial charge in [-0.1, -0.05) is 6.07 Å². The molecule has 0 unspecified atom stereocenters. The fourth-order valence-corrected chi connectivity index (χ4v) is 3.22. The SMILES string of the molecule is COc1cn(-c2cccc(C(F)(F)F)c2)nc1C(=O)Nc1ccc(-n2ccnc2C)c(F)c1. The maximum absolute atomic E-state index is 14.6. The molecule has 0 spiro atoms. The Hall–Kier alpha value is -4.15. The van der Waals surface area contributed by atoms with Gasteiger partial charge in [-0.2, -0.15) is 18.3 Å². The van der Waals surface area contributed by atoms with Crippen molar-refractivity contribution in [2.24, 2.45) is 0 Å². The number of carbonyl (C=O) groups is 1. The van der Waals surface area contributed by atoms with Crippen LogP contribution in [0.25, 0.3) is 11.4 Å². The fourth-order valence-electron chi connectivity index (χ4n) is 3.22. The zero-order chi connectivity index (χ0) is 23.8. The second-order valence-corrected chi connectivity index (χ2v) is 7.00. The van der Waals surface area contributed by atoms with Crippen LogP contribution in [0, 0.1) is 12.7 Å². The van der Waals surface area contributed by atoms with Crippen LogP contribution >= 0.6 is 0 Å². The van der Waals surface area contributed by atoms with Gasteiger partial charge in [0.05, 0.1) is 30.2 Å². The number of rotatable bonds is 5. The summed E-state index contributed by atoms with van der Waals surface area (Å²) in [6.45, 7) is 1.72. The molecule has 0 aliphatic carbocycles. The molecule has 0 aliphatic rings. The molecule has 4 rings (SSSR count). The number of hydrogen-bond donors (Lipinski definition) is 1. The Kier molecular flexibility index (Phi) is 5.62. The summed E-state index contributed by atoms with van der Waals surface area (Å²) < 4.78 is 61.5. The van der Waals surface area contributed by atoms with Crippen molar-refractivity contribution in [2.75, 3.05) is 12.4 Å². The Morgan fingerprint density at radius 1 is 1.15 bits per heavy atom. The van der Waals surface area contributed by atoms with Gasteiger partial charge in [0.25, 0.3) is 5.91 Å². The van der Waals surface area contributed by atoms with Crippen molar-refractivity contribution in [3.8, 4) is 17.1 Å². The minimum atomic E-state index is -4.53. The largest absolute Gasteiger partial charge is 0.493 e. The van der Waals surface area contributed by atoms with Crippen LogP contribution in [-0.2, 0) is 6.18 Å². The van der Waals surface area contributed by atoms with Gasteiger partial charge in [-0.05, 0) is 43.3 Å². The maximum Gasteiger partial charge on any atom is 0.416 e. The molecule has 170 valence electrons. The van der Waals surface area contributed by atoms with E-state index in [9.17, 15) is 22.4 Å². The second-order valence-electron chi connectivity index (χ2n) is 7.00. The van der Waals surface area contributed by atoms with Crippen LogP contribution in [0.5, 0.6) is 5.75 Å².